The monoisotopic (exact) mass is 284 g/mol. The van der Waals surface area contributed by atoms with Gasteiger partial charge in [0.25, 0.3) is 5.91 Å². The highest BCUT2D eigenvalue weighted by Crippen LogP contribution is 2.16. The molecule has 0 saturated heterocycles. The smallest absolute Gasteiger partial charge is 0.276 e. The number of anilines is 1. The number of pyridine rings is 1. The molecular formula is C14H9ClN4O. The van der Waals surface area contributed by atoms with Crippen molar-refractivity contribution >= 4 is 34.1 Å². The normalized spacial score (nSPS) is 10.4. The van der Waals surface area contributed by atoms with Gasteiger partial charge in [-0.15, -0.1) is 10.2 Å². The van der Waals surface area contributed by atoms with Crippen LogP contribution in [0.4, 0.5) is 5.69 Å². The predicted octanol–water partition coefficient (Wildman–Crippen LogP) is 2.93. The lowest BCUT2D eigenvalue weighted by Crippen LogP contribution is -2.14. The first-order chi connectivity index (χ1) is 9.72. The average Bonchev–Trinajstić information content (AvgIpc) is 2.48. The third-order valence-electron chi connectivity index (χ3n) is 2.71. The van der Waals surface area contributed by atoms with Gasteiger partial charge in [-0.2, -0.15) is 0 Å². The Morgan fingerprint density at radius 2 is 1.95 bits per heavy atom. The summed E-state index contributed by atoms with van der Waals surface area (Å²) < 4.78 is 0. The highest BCUT2D eigenvalue weighted by molar-refractivity contribution is 6.29. The number of aromatic nitrogens is 3. The van der Waals surface area contributed by atoms with Crippen molar-refractivity contribution in [3.05, 3.63) is 59.5 Å². The van der Waals surface area contributed by atoms with Crippen molar-refractivity contribution in [1.82, 2.24) is 15.2 Å². The molecule has 0 radical (unpaired) electrons. The summed E-state index contributed by atoms with van der Waals surface area (Å²) in [6.45, 7) is 0. The Balaban J connectivity index is 1.85. The molecule has 0 unspecified atom stereocenters. The number of carbonyl (C=O) groups is 1. The summed E-state index contributed by atoms with van der Waals surface area (Å²) in [6, 6.07) is 12.5. The van der Waals surface area contributed by atoms with Crippen molar-refractivity contribution in [2.24, 2.45) is 0 Å². The maximum Gasteiger partial charge on any atom is 0.276 e. The van der Waals surface area contributed by atoms with Crippen LogP contribution in [0.3, 0.4) is 0 Å². The summed E-state index contributed by atoms with van der Waals surface area (Å²) in [5, 5.41) is 11.3. The van der Waals surface area contributed by atoms with E-state index in [-0.39, 0.29) is 16.8 Å². The second-order valence-electron chi connectivity index (χ2n) is 4.11. The summed E-state index contributed by atoms with van der Waals surface area (Å²) in [6.07, 6.45) is 1.60. The molecule has 0 fully saturated rings. The van der Waals surface area contributed by atoms with Crippen molar-refractivity contribution in [2.75, 3.05) is 5.32 Å². The van der Waals surface area contributed by atoms with Gasteiger partial charge in [0.15, 0.2) is 10.8 Å². The molecule has 0 aliphatic rings. The molecule has 0 aliphatic carbocycles. The Hall–Kier alpha value is -2.53. The third-order valence-corrected chi connectivity index (χ3v) is 2.91. The lowest BCUT2D eigenvalue weighted by Gasteiger charge is -2.05. The fourth-order valence-electron chi connectivity index (χ4n) is 1.77. The highest BCUT2D eigenvalue weighted by atomic mass is 35.5. The fraction of sp³-hybridized carbons (Fsp3) is 0. The van der Waals surface area contributed by atoms with Crippen LogP contribution in [0.2, 0.25) is 5.15 Å². The zero-order valence-electron chi connectivity index (χ0n) is 10.2. The van der Waals surface area contributed by atoms with Crippen LogP contribution in [0.15, 0.2) is 48.7 Å². The van der Waals surface area contributed by atoms with Gasteiger partial charge in [0.2, 0.25) is 0 Å². The molecule has 98 valence electrons. The largest absolute Gasteiger partial charge is 0.319 e. The summed E-state index contributed by atoms with van der Waals surface area (Å²) >= 11 is 5.63. The number of para-hydroxylation sites is 1. The van der Waals surface area contributed by atoms with E-state index >= 15 is 0 Å². The van der Waals surface area contributed by atoms with Crippen LogP contribution in [0.5, 0.6) is 0 Å². The van der Waals surface area contributed by atoms with Gasteiger partial charge in [0, 0.05) is 5.39 Å². The highest BCUT2D eigenvalue weighted by Gasteiger charge is 2.09. The van der Waals surface area contributed by atoms with Gasteiger partial charge in [-0.1, -0.05) is 29.8 Å². The maximum atomic E-state index is 12.0. The molecule has 0 saturated carbocycles. The summed E-state index contributed by atoms with van der Waals surface area (Å²) in [4.78, 5) is 16.2. The number of benzene rings is 1. The van der Waals surface area contributed by atoms with Gasteiger partial charge in [0.1, 0.15) is 0 Å². The minimum Gasteiger partial charge on any atom is -0.319 e. The Morgan fingerprint density at radius 1 is 1.10 bits per heavy atom. The van der Waals surface area contributed by atoms with Crippen LogP contribution in [-0.4, -0.2) is 21.1 Å². The molecule has 2 aromatic heterocycles. The zero-order chi connectivity index (χ0) is 13.9. The molecule has 3 aromatic rings. The molecule has 0 bridgehead atoms. The summed E-state index contributed by atoms with van der Waals surface area (Å²) in [5.41, 5.74) is 1.67. The summed E-state index contributed by atoms with van der Waals surface area (Å²) in [5.74, 6) is -0.355. The Kier molecular flexibility index (Phi) is 3.26. The van der Waals surface area contributed by atoms with Crippen LogP contribution in [0.1, 0.15) is 10.5 Å². The van der Waals surface area contributed by atoms with Crippen LogP contribution in [0, 0.1) is 0 Å². The topological polar surface area (TPSA) is 67.8 Å². The molecule has 5 nitrogen and oxygen atoms in total. The second kappa shape index (κ2) is 5.22. The molecule has 6 heteroatoms. The molecule has 3 rings (SSSR count). The number of halogens is 1. The quantitative estimate of drug-likeness (QED) is 0.785. The molecule has 1 amide bonds. The van der Waals surface area contributed by atoms with E-state index in [0.29, 0.717) is 5.69 Å². The third kappa shape index (κ3) is 2.57. The van der Waals surface area contributed by atoms with Crippen molar-refractivity contribution in [1.29, 1.82) is 0 Å². The number of amides is 1. The number of hydrogen-bond acceptors (Lipinski definition) is 4. The van der Waals surface area contributed by atoms with Crippen LogP contribution >= 0.6 is 11.6 Å². The lowest BCUT2D eigenvalue weighted by molar-refractivity contribution is 0.102. The number of fused-ring (bicyclic) bond motifs is 1. The molecular weight excluding hydrogens is 276 g/mol. The van der Waals surface area contributed by atoms with Crippen molar-refractivity contribution in [2.45, 2.75) is 0 Å². The first-order valence-corrected chi connectivity index (χ1v) is 6.25. The first-order valence-electron chi connectivity index (χ1n) is 5.88. The Labute approximate surface area is 119 Å². The maximum absolute atomic E-state index is 12.0. The minimum atomic E-state index is -0.355. The van der Waals surface area contributed by atoms with Gasteiger partial charge in [0.05, 0.1) is 17.4 Å². The second-order valence-corrected chi connectivity index (χ2v) is 4.50. The number of nitrogens with zero attached hydrogens (tertiary/aromatic N) is 3. The van der Waals surface area contributed by atoms with Crippen molar-refractivity contribution in [3.63, 3.8) is 0 Å². The number of nitrogens with one attached hydrogen (secondary N) is 1. The molecule has 1 aromatic carbocycles. The molecule has 2 heterocycles. The van der Waals surface area contributed by atoms with E-state index in [2.05, 4.69) is 20.5 Å². The molecule has 0 spiro atoms. The van der Waals surface area contributed by atoms with Gasteiger partial charge in [-0.25, -0.2) is 0 Å². The molecule has 0 atom stereocenters. The zero-order valence-corrected chi connectivity index (χ0v) is 11.0. The van der Waals surface area contributed by atoms with Gasteiger partial charge in [-0.3, -0.25) is 9.78 Å². The van der Waals surface area contributed by atoms with E-state index < -0.39 is 0 Å². The molecule has 1 N–H and O–H groups in total. The standard InChI is InChI=1S/C14H9ClN4O/c15-13-6-5-12(18-19-13)14(20)17-10-7-9-3-1-2-4-11(9)16-8-10/h1-8H,(H,17,20). The van der Waals surface area contributed by atoms with Crippen molar-refractivity contribution in [3.8, 4) is 0 Å². The average molecular weight is 285 g/mol. The van der Waals surface area contributed by atoms with E-state index in [1.54, 1.807) is 6.20 Å². The van der Waals surface area contributed by atoms with Crippen LogP contribution in [-0.2, 0) is 0 Å². The van der Waals surface area contributed by atoms with Crippen LogP contribution < -0.4 is 5.32 Å². The predicted molar refractivity (Wildman–Crippen MR) is 76.7 cm³/mol. The SMILES string of the molecule is O=C(Nc1cnc2ccccc2c1)c1ccc(Cl)nn1. The number of rotatable bonds is 2. The number of hydrogen-bond donors (Lipinski definition) is 1. The van der Waals surface area contributed by atoms with Gasteiger partial charge < -0.3 is 5.32 Å². The minimum absolute atomic E-state index is 0.197. The van der Waals surface area contributed by atoms with E-state index in [1.165, 1.54) is 12.1 Å². The molecule has 0 aliphatic heterocycles. The summed E-state index contributed by atoms with van der Waals surface area (Å²) in [7, 11) is 0. The van der Waals surface area contributed by atoms with Crippen LogP contribution in [0.25, 0.3) is 10.9 Å². The van der Waals surface area contributed by atoms with E-state index in [9.17, 15) is 4.79 Å². The Bertz CT molecular complexity index is 773. The van der Waals surface area contributed by atoms with E-state index in [1.807, 2.05) is 30.3 Å². The van der Waals surface area contributed by atoms with E-state index in [0.717, 1.165) is 10.9 Å². The van der Waals surface area contributed by atoms with E-state index in [4.69, 9.17) is 11.6 Å². The van der Waals surface area contributed by atoms with Crippen molar-refractivity contribution < 1.29 is 4.79 Å². The lowest BCUT2D eigenvalue weighted by atomic mass is 10.2. The number of carbonyl (C=O) groups excluding carboxylic acids is 1. The van der Waals surface area contributed by atoms with Gasteiger partial charge in [-0.05, 0) is 24.3 Å². The molecule has 20 heavy (non-hydrogen) atoms. The Morgan fingerprint density at radius 3 is 2.75 bits per heavy atom. The fourth-order valence-corrected chi connectivity index (χ4v) is 1.87. The van der Waals surface area contributed by atoms with Gasteiger partial charge >= 0.3 is 0 Å². The first kappa shape index (κ1) is 12.5.